The van der Waals surface area contributed by atoms with Gasteiger partial charge in [0.25, 0.3) is 0 Å². The molecule has 1 aliphatic heterocycles. The molecule has 0 aromatic heterocycles. The van der Waals surface area contributed by atoms with Crippen LogP contribution in [0.3, 0.4) is 0 Å². The highest BCUT2D eigenvalue weighted by molar-refractivity contribution is 14.1. The zero-order chi connectivity index (χ0) is 6.85. The molecule has 0 aliphatic carbocycles. The minimum Gasteiger partial charge on any atom is -0.425 e. The van der Waals surface area contributed by atoms with E-state index in [-0.39, 0.29) is 12.8 Å². The van der Waals surface area contributed by atoms with Crippen molar-refractivity contribution in [2.24, 2.45) is 4.99 Å². The Hall–Kier alpha value is -0.330. The maximum atomic E-state index is 10.6. The van der Waals surface area contributed by atoms with Gasteiger partial charge in [-0.05, 0) is 6.92 Å². The van der Waals surface area contributed by atoms with Crippen molar-refractivity contribution >= 4 is 34.8 Å². The van der Waals surface area contributed by atoms with Gasteiger partial charge in [0, 0.05) is 0 Å². The first kappa shape index (κ1) is 6.79. The molecule has 1 rings (SSSR count). The molecule has 4 nitrogen and oxygen atoms in total. The monoisotopic (exact) mass is 240 g/mol. The van der Waals surface area contributed by atoms with Crippen molar-refractivity contribution in [2.45, 2.75) is 6.92 Å². The highest BCUT2D eigenvalue weighted by Gasteiger charge is 2.17. The van der Waals surface area contributed by atoms with E-state index in [0.717, 1.165) is 0 Å². The summed E-state index contributed by atoms with van der Waals surface area (Å²) < 4.78 is 5.89. The summed E-state index contributed by atoms with van der Waals surface area (Å²) in [7, 11) is 0. The Morgan fingerprint density at radius 3 is 3.00 bits per heavy atom. The SMILES string of the molecule is CC1=NCOC(=O)N1I. The molecular weight excluding hydrogens is 235 g/mol. The Balaban J connectivity index is 2.74. The smallest absolute Gasteiger partial charge is 0.425 e. The van der Waals surface area contributed by atoms with E-state index in [9.17, 15) is 4.79 Å². The summed E-state index contributed by atoms with van der Waals surface area (Å²) in [6.07, 6.45) is -0.344. The number of halogens is 1. The number of amidine groups is 1. The van der Waals surface area contributed by atoms with Crippen LogP contribution in [0.5, 0.6) is 0 Å². The largest absolute Gasteiger partial charge is 0.426 e. The van der Waals surface area contributed by atoms with Crippen LogP contribution in [0.4, 0.5) is 4.79 Å². The van der Waals surface area contributed by atoms with Crippen LogP contribution >= 0.6 is 22.9 Å². The van der Waals surface area contributed by atoms with Crippen molar-refractivity contribution in [1.82, 2.24) is 3.11 Å². The van der Waals surface area contributed by atoms with Crippen LogP contribution in [-0.2, 0) is 4.74 Å². The van der Waals surface area contributed by atoms with Crippen LogP contribution in [-0.4, -0.2) is 21.8 Å². The molecule has 0 spiro atoms. The molecule has 1 aliphatic rings. The third-order valence-corrected chi connectivity index (χ3v) is 2.02. The van der Waals surface area contributed by atoms with Gasteiger partial charge in [-0.2, -0.15) is 0 Å². The van der Waals surface area contributed by atoms with Crippen molar-refractivity contribution in [2.75, 3.05) is 6.73 Å². The first-order valence-electron chi connectivity index (χ1n) is 2.35. The molecule has 0 aromatic carbocycles. The predicted octanol–water partition coefficient (Wildman–Crippen LogP) is 1.16. The topological polar surface area (TPSA) is 41.9 Å². The van der Waals surface area contributed by atoms with E-state index in [4.69, 9.17) is 0 Å². The lowest BCUT2D eigenvalue weighted by atomic mass is 10.6. The van der Waals surface area contributed by atoms with E-state index in [0.29, 0.717) is 5.84 Å². The van der Waals surface area contributed by atoms with Crippen molar-refractivity contribution in [3.05, 3.63) is 0 Å². The third-order valence-electron chi connectivity index (χ3n) is 0.926. The van der Waals surface area contributed by atoms with Gasteiger partial charge >= 0.3 is 6.09 Å². The average molecular weight is 240 g/mol. The number of carbonyl (C=O) groups excluding carboxylic acids is 1. The number of aliphatic imine (C=N–C) groups is 1. The second-order valence-electron chi connectivity index (χ2n) is 1.53. The molecule has 0 N–H and O–H groups in total. The van der Waals surface area contributed by atoms with Crippen LogP contribution in [0.15, 0.2) is 4.99 Å². The number of amides is 1. The van der Waals surface area contributed by atoms with Crippen molar-refractivity contribution in [3.63, 3.8) is 0 Å². The van der Waals surface area contributed by atoms with Crippen LogP contribution in [0, 0.1) is 0 Å². The standard InChI is InChI=1S/C4H5IN2O2/c1-3-6-2-9-4(8)7(3)5/h2H2,1H3. The first-order valence-corrected chi connectivity index (χ1v) is 3.32. The third kappa shape index (κ3) is 1.32. The average Bonchev–Trinajstić information content (AvgIpc) is 1.83. The summed E-state index contributed by atoms with van der Waals surface area (Å²) in [6, 6.07) is 0. The van der Waals surface area contributed by atoms with E-state index in [2.05, 4.69) is 9.73 Å². The minimum atomic E-state index is -0.344. The maximum Gasteiger partial charge on any atom is 0.426 e. The van der Waals surface area contributed by atoms with Crippen molar-refractivity contribution < 1.29 is 9.53 Å². The summed E-state index contributed by atoms with van der Waals surface area (Å²) in [5.74, 6) is 0.687. The molecule has 0 atom stereocenters. The van der Waals surface area contributed by atoms with Crippen LogP contribution in [0.2, 0.25) is 0 Å². The molecule has 0 fully saturated rings. The molecule has 5 heteroatoms. The van der Waals surface area contributed by atoms with E-state index < -0.39 is 0 Å². The fourth-order valence-electron chi connectivity index (χ4n) is 0.432. The Morgan fingerprint density at radius 1 is 1.89 bits per heavy atom. The van der Waals surface area contributed by atoms with Crippen LogP contribution in [0.25, 0.3) is 0 Å². The molecule has 1 heterocycles. The second-order valence-corrected chi connectivity index (χ2v) is 2.49. The quantitative estimate of drug-likeness (QED) is 0.471. The molecule has 0 unspecified atom stereocenters. The van der Waals surface area contributed by atoms with Gasteiger partial charge < -0.3 is 4.74 Å². The van der Waals surface area contributed by atoms with E-state index in [1.807, 2.05) is 22.9 Å². The lowest BCUT2D eigenvalue weighted by Gasteiger charge is -2.17. The predicted molar refractivity (Wildman–Crippen MR) is 40.3 cm³/mol. The number of cyclic esters (lactones) is 1. The summed E-state index contributed by atoms with van der Waals surface area (Å²) in [4.78, 5) is 14.5. The maximum absolute atomic E-state index is 10.6. The van der Waals surface area contributed by atoms with Crippen LogP contribution < -0.4 is 0 Å². The van der Waals surface area contributed by atoms with E-state index in [1.54, 1.807) is 6.92 Å². The number of nitrogens with zero attached hydrogens (tertiary/aromatic N) is 2. The zero-order valence-electron chi connectivity index (χ0n) is 4.80. The number of carbonyl (C=O) groups is 1. The number of hydrogen-bond donors (Lipinski definition) is 0. The van der Waals surface area contributed by atoms with E-state index >= 15 is 0 Å². The Labute approximate surface area is 66.4 Å². The van der Waals surface area contributed by atoms with Gasteiger partial charge in [0.15, 0.2) is 6.73 Å². The molecule has 0 saturated carbocycles. The van der Waals surface area contributed by atoms with Gasteiger partial charge in [-0.1, -0.05) is 0 Å². The molecule has 0 bridgehead atoms. The first-order chi connectivity index (χ1) is 4.22. The van der Waals surface area contributed by atoms with Gasteiger partial charge in [0.2, 0.25) is 0 Å². The number of hydrogen-bond acceptors (Lipinski definition) is 3. The molecule has 50 valence electrons. The van der Waals surface area contributed by atoms with Crippen LogP contribution in [0.1, 0.15) is 6.92 Å². The normalized spacial score (nSPS) is 19.1. The fraction of sp³-hybridized carbons (Fsp3) is 0.500. The lowest BCUT2D eigenvalue weighted by molar-refractivity contribution is 0.138. The molecule has 0 aromatic rings. The Kier molecular flexibility index (Phi) is 1.89. The van der Waals surface area contributed by atoms with Gasteiger partial charge in [-0.25, -0.2) is 12.9 Å². The molecule has 1 amide bonds. The number of ether oxygens (including phenoxy) is 1. The van der Waals surface area contributed by atoms with Gasteiger partial charge in [-0.3, -0.25) is 0 Å². The minimum absolute atomic E-state index is 0.157. The Morgan fingerprint density at radius 2 is 2.56 bits per heavy atom. The second kappa shape index (κ2) is 2.51. The number of rotatable bonds is 0. The zero-order valence-corrected chi connectivity index (χ0v) is 6.95. The fourth-order valence-corrected chi connectivity index (χ4v) is 0.724. The highest BCUT2D eigenvalue weighted by atomic mass is 127. The summed E-state index contributed by atoms with van der Waals surface area (Å²) >= 11 is 1.84. The molecule has 0 radical (unpaired) electrons. The Bertz CT molecular complexity index is 168. The van der Waals surface area contributed by atoms with Gasteiger partial charge in [-0.15, -0.1) is 0 Å². The van der Waals surface area contributed by atoms with Gasteiger partial charge in [0.05, 0.1) is 22.9 Å². The lowest BCUT2D eigenvalue weighted by Crippen LogP contribution is -2.30. The van der Waals surface area contributed by atoms with E-state index in [1.165, 1.54) is 3.11 Å². The molecular formula is C4H5IN2O2. The van der Waals surface area contributed by atoms with Crippen molar-refractivity contribution in [3.8, 4) is 0 Å². The summed E-state index contributed by atoms with van der Waals surface area (Å²) in [6.45, 7) is 1.91. The molecule has 9 heavy (non-hydrogen) atoms. The summed E-state index contributed by atoms with van der Waals surface area (Å²) in [5.41, 5.74) is 0. The highest BCUT2D eigenvalue weighted by Crippen LogP contribution is 2.08. The van der Waals surface area contributed by atoms with Gasteiger partial charge in [0.1, 0.15) is 5.84 Å². The molecule has 0 saturated heterocycles. The van der Waals surface area contributed by atoms with Crippen molar-refractivity contribution in [1.29, 1.82) is 0 Å². The summed E-state index contributed by atoms with van der Waals surface area (Å²) in [5, 5.41) is 0.